The van der Waals surface area contributed by atoms with E-state index in [4.69, 9.17) is 0 Å². The third-order valence-corrected chi connectivity index (χ3v) is 8.89. The highest BCUT2D eigenvalue weighted by molar-refractivity contribution is 6.17. The largest absolute Gasteiger partial charge is 0.353 e. The fourth-order valence-corrected chi connectivity index (χ4v) is 6.85. The zero-order chi connectivity index (χ0) is 30.5. The van der Waals surface area contributed by atoms with E-state index in [-0.39, 0.29) is 0 Å². The molecule has 0 amide bonds. The van der Waals surface area contributed by atoms with Crippen LogP contribution in [0.3, 0.4) is 0 Å². The molecule has 0 spiro atoms. The Morgan fingerprint density at radius 1 is 0.283 bits per heavy atom. The second-order valence-electron chi connectivity index (χ2n) is 11.6. The Kier molecular flexibility index (Phi) is 6.10. The predicted octanol–water partition coefficient (Wildman–Crippen LogP) is 11.6. The van der Waals surface area contributed by atoms with Gasteiger partial charge in [-0.05, 0) is 18.2 Å². The summed E-state index contributed by atoms with van der Waals surface area (Å²) in [7, 11) is 0. The Hall–Kier alpha value is -6.26. The predicted molar refractivity (Wildman–Crippen MR) is 193 cm³/mol. The van der Waals surface area contributed by atoms with Crippen molar-refractivity contribution in [3.8, 4) is 33.8 Å². The quantitative estimate of drug-likeness (QED) is 0.177. The van der Waals surface area contributed by atoms with Crippen molar-refractivity contribution in [1.29, 1.82) is 0 Å². The molecular formula is C42H30N4. The van der Waals surface area contributed by atoms with Crippen molar-refractivity contribution in [2.75, 3.05) is 4.90 Å². The first-order valence-corrected chi connectivity index (χ1v) is 15.6. The van der Waals surface area contributed by atoms with Gasteiger partial charge in [0.05, 0.1) is 34.1 Å². The third kappa shape index (κ3) is 4.15. The molecule has 0 aliphatic heterocycles. The zero-order valence-corrected chi connectivity index (χ0v) is 25.0. The van der Waals surface area contributed by atoms with Crippen LogP contribution in [0, 0.1) is 0 Å². The van der Waals surface area contributed by atoms with Crippen molar-refractivity contribution >= 4 is 49.8 Å². The lowest BCUT2D eigenvalue weighted by Crippen LogP contribution is -2.12. The highest BCUT2D eigenvalue weighted by atomic mass is 15.2. The maximum absolute atomic E-state index is 3.84. The average molecular weight is 591 g/mol. The SMILES string of the molecule is c1ccc(-c2[nH]c3ccccc3c2N(c2c(-c3ccccc3)[nH]c3ccccc23)c2c(-c3ccccc3)[nH]c3ccccc23)cc1. The molecule has 3 N–H and O–H groups in total. The smallest absolute Gasteiger partial charge is 0.0798 e. The topological polar surface area (TPSA) is 50.6 Å². The second-order valence-corrected chi connectivity index (χ2v) is 11.6. The van der Waals surface area contributed by atoms with E-state index in [0.29, 0.717) is 0 Å². The number of fused-ring (bicyclic) bond motifs is 3. The van der Waals surface area contributed by atoms with E-state index >= 15 is 0 Å². The minimum absolute atomic E-state index is 1.07. The Morgan fingerprint density at radius 3 is 0.848 bits per heavy atom. The van der Waals surface area contributed by atoms with Gasteiger partial charge in [0.25, 0.3) is 0 Å². The molecule has 0 bridgehead atoms. The first kappa shape index (κ1) is 26.2. The molecule has 0 aliphatic carbocycles. The summed E-state index contributed by atoms with van der Waals surface area (Å²) in [5.74, 6) is 0. The summed E-state index contributed by atoms with van der Waals surface area (Å²) < 4.78 is 0. The minimum atomic E-state index is 1.07. The molecule has 0 unspecified atom stereocenters. The van der Waals surface area contributed by atoms with Gasteiger partial charge in [0, 0.05) is 49.4 Å². The molecule has 0 atom stereocenters. The molecule has 9 rings (SSSR count). The standard InChI is InChI=1S/C42H30N4/c1-4-16-28(17-5-1)37-40(31-22-10-13-25-34(31)43-37)46(41-32-23-11-14-26-35(32)44-38(41)29-18-6-2-7-19-29)42-33-24-12-15-27-36(33)45-39(42)30-20-8-3-9-21-30/h1-27,43-45H. The van der Waals surface area contributed by atoms with Gasteiger partial charge in [-0.15, -0.1) is 0 Å². The monoisotopic (exact) mass is 590 g/mol. The number of aromatic amines is 3. The number of para-hydroxylation sites is 3. The van der Waals surface area contributed by atoms with Gasteiger partial charge in [0.2, 0.25) is 0 Å². The molecule has 0 saturated heterocycles. The number of benzene rings is 6. The number of nitrogens with zero attached hydrogens (tertiary/aromatic N) is 1. The van der Waals surface area contributed by atoms with Crippen molar-refractivity contribution in [2.24, 2.45) is 0 Å². The summed E-state index contributed by atoms with van der Waals surface area (Å²) in [6.45, 7) is 0. The van der Waals surface area contributed by atoms with Crippen molar-refractivity contribution < 1.29 is 0 Å². The molecule has 0 aliphatic rings. The van der Waals surface area contributed by atoms with E-state index in [9.17, 15) is 0 Å². The molecule has 218 valence electrons. The van der Waals surface area contributed by atoms with Gasteiger partial charge < -0.3 is 19.9 Å². The van der Waals surface area contributed by atoms with Gasteiger partial charge in [0.1, 0.15) is 0 Å². The molecular weight excluding hydrogens is 560 g/mol. The Balaban J connectivity index is 1.49. The highest BCUT2D eigenvalue weighted by Crippen LogP contribution is 2.54. The molecule has 46 heavy (non-hydrogen) atoms. The van der Waals surface area contributed by atoms with E-state index in [1.54, 1.807) is 0 Å². The van der Waals surface area contributed by atoms with Crippen LogP contribution in [0.4, 0.5) is 17.1 Å². The molecule has 9 aromatic rings. The molecule has 3 heterocycles. The fraction of sp³-hybridized carbons (Fsp3) is 0. The van der Waals surface area contributed by atoms with Crippen molar-refractivity contribution in [3.63, 3.8) is 0 Å². The van der Waals surface area contributed by atoms with E-state index < -0.39 is 0 Å². The van der Waals surface area contributed by atoms with Gasteiger partial charge in [-0.3, -0.25) is 0 Å². The number of H-pyrrole nitrogens is 3. The van der Waals surface area contributed by atoms with Crippen molar-refractivity contribution in [3.05, 3.63) is 164 Å². The molecule has 0 saturated carbocycles. The Bertz CT molecular complexity index is 2190. The Labute approximate surface area is 266 Å². The van der Waals surface area contributed by atoms with Gasteiger partial charge in [-0.2, -0.15) is 0 Å². The van der Waals surface area contributed by atoms with E-state index in [2.05, 4.69) is 184 Å². The van der Waals surface area contributed by atoms with Crippen LogP contribution in [0.2, 0.25) is 0 Å². The maximum Gasteiger partial charge on any atom is 0.0798 e. The third-order valence-electron chi connectivity index (χ3n) is 8.89. The van der Waals surface area contributed by atoms with Crippen LogP contribution in [0.1, 0.15) is 0 Å². The summed E-state index contributed by atoms with van der Waals surface area (Å²) in [6.07, 6.45) is 0. The van der Waals surface area contributed by atoms with Gasteiger partial charge in [0.15, 0.2) is 0 Å². The fourth-order valence-electron chi connectivity index (χ4n) is 6.85. The molecule has 4 nitrogen and oxygen atoms in total. The van der Waals surface area contributed by atoms with Crippen LogP contribution in [-0.4, -0.2) is 15.0 Å². The van der Waals surface area contributed by atoms with Crippen LogP contribution in [0.15, 0.2) is 164 Å². The summed E-state index contributed by atoms with van der Waals surface area (Å²) in [4.78, 5) is 14.0. The summed E-state index contributed by atoms with van der Waals surface area (Å²) >= 11 is 0. The number of hydrogen-bond donors (Lipinski definition) is 3. The number of aromatic nitrogens is 3. The van der Waals surface area contributed by atoms with Crippen LogP contribution < -0.4 is 4.90 Å². The molecule has 3 aromatic heterocycles. The number of rotatable bonds is 6. The normalized spacial score (nSPS) is 11.5. The van der Waals surface area contributed by atoms with Crippen LogP contribution >= 0.6 is 0 Å². The Morgan fingerprint density at radius 2 is 0.543 bits per heavy atom. The van der Waals surface area contributed by atoms with Gasteiger partial charge in [-0.1, -0.05) is 146 Å². The highest BCUT2D eigenvalue weighted by Gasteiger charge is 2.31. The molecule has 6 aromatic carbocycles. The van der Waals surface area contributed by atoms with E-state index in [0.717, 1.165) is 83.5 Å². The second kappa shape index (κ2) is 10.7. The van der Waals surface area contributed by atoms with Crippen molar-refractivity contribution in [2.45, 2.75) is 0 Å². The van der Waals surface area contributed by atoms with Gasteiger partial charge in [-0.25, -0.2) is 0 Å². The first-order chi connectivity index (χ1) is 22.8. The summed E-state index contributed by atoms with van der Waals surface area (Å²) in [6, 6.07) is 57.9. The first-order valence-electron chi connectivity index (χ1n) is 15.6. The number of anilines is 3. The summed E-state index contributed by atoms with van der Waals surface area (Å²) in [5, 5.41) is 3.44. The van der Waals surface area contributed by atoms with E-state index in [1.807, 2.05) is 0 Å². The number of hydrogen-bond acceptors (Lipinski definition) is 1. The lowest BCUT2D eigenvalue weighted by Gasteiger charge is -2.28. The molecule has 4 heteroatoms. The van der Waals surface area contributed by atoms with Crippen LogP contribution in [0.25, 0.3) is 66.5 Å². The minimum Gasteiger partial charge on any atom is -0.353 e. The van der Waals surface area contributed by atoms with E-state index in [1.165, 1.54) is 0 Å². The van der Waals surface area contributed by atoms with Gasteiger partial charge >= 0.3 is 0 Å². The molecule has 0 fully saturated rings. The molecule has 0 radical (unpaired) electrons. The maximum atomic E-state index is 3.84. The summed E-state index contributed by atoms with van der Waals surface area (Å²) in [5.41, 5.74) is 13.1. The lowest BCUT2D eigenvalue weighted by molar-refractivity contribution is 1.30. The zero-order valence-electron chi connectivity index (χ0n) is 25.0. The van der Waals surface area contributed by atoms with Crippen LogP contribution in [0.5, 0.6) is 0 Å². The average Bonchev–Trinajstić information content (AvgIpc) is 3.83. The number of nitrogens with one attached hydrogen (secondary N) is 3. The van der Waals surface area contributed by atoms with Crippen LogP contribution in [-0.2, 0) is 0 Å². The van der Waals surface area contributed by atoms with Crippen molar-refractivity contribution in [1.82, 2.24) is 15.0 Å². The lowest BCUT2D eigenvalue weighted by atomic mass is 10.0.